The van der Waals surface area contributed by atoms with Crippen LogP contribution in [0.5, 0.6) is 0 Å². The minimum atomic E-state index is -3.82. The second-order valence-corrected chi connectivity index (χ2v) is 7.26. The van der Waals surface area contributed by atoms with Gasteiger partial charge >= 0.3 is 0 Å². The van der Waals surface area contributed by atoms with E-state index in [0.29, 0.717) is 21.4 Å². The number of aromatic nitrogens is 3. The zero-order valence-corrected chi connectivity index (χ0v) is 13.8. The molecule has 0 aliphatic rings. The minimum Gasteiger partial charge on any atom is -0.618 e. The fraction of sp³-hybridized carbons (Fsp3) is 0. The molecular weight excluding hydrogens is 338 g/mol. The molecule has 0 N–H and O–H groups in total. The number of hydrogen-bond acceptors (Lipinski definition) is 4. The van der Waals surface area contributed by atoms with E-state index in [1.54, 1.807) is 48.5 Å². The number of pyridine rings is 2. The summed E-state index contributed by atoms with van der Waals surface area (Å²) < 4.78 is 27.9. The summed E-state index contributed by atoms with van der Waals surface area (Å²) in [5, 5.41) is 12.7. The summed E-state index contributed by atoms with van der Waals surface area (Å²) in [5.41, 5.74) is 1.16. The van der Waals surface area contributed by atoms with Gasteiger partial charge in [-0.2, -0.15) is 4.73 Å². The highest BCUT2D eigenvalue weighted by Crippen LogP contribution is 2.30. The van der Waals surface area contributed by atoms with Gasteiger partial charge in [0.25, 0.3) is 10.0 Å². The van der Waals surface area contributed by atoms with Crippen molar-refractivity contribution >= 4 is 21.1 Å². The van der Waals surface area contributed by atoms with Crippen LogP contribution in [0.15, 0.2) is 84.1 Å². The average Bonchev–Trinajstić information content (AvgIpc) is 3.03. The predicted octanol–water partition coefficient (Wildman–Crippen LogP) is 2.57. The maximum atomic E-state index is 13.0. The van der Waals surface area contributed by atoms with E-state index in [1.807, 2.05) is 0 Å². The largest absolute Gasteiger partial charge is 0.618 e. The maximum Gasteiger partial charge on any atom is 0.269 e. The Balaban J connectivity index is 2.03. The minimum absolute atomic E-state index is 0.159. The van der Waals surface area contributed by atoms with Crippen molar-refractivity contribution in [3.63, 3.8) is 0 Å². The summed E-state index contributed by atoms with van der Waals surface area (Å²) in [6.45, 7) is 0. The zero-order chi connectivity index (χ0) is 17.4. The van der Waals surface area contributed by atoms with Crippen molar-refractivity contribution in [3.8, 4) is 11.3 Å². The van der Waals surface area contributed by atoms with Crippen LogP contribution in [0.1, 0.15) is 0 Å². The lowest BCUT2D eigenvalue weighted by atomic mass is 10.1. The van der Waals surface area contributed by atoms with Crippen molar-refractivity contribution in [2.75, 3.05) is 0 Å². The van der Waals surface area contributed by atoms with Crippen molar-refractivity contribution in [2.45, 2.75) is 4.90 Å². The molecule has 0 saturated carbocycles. The lowest BCUT2D eigenvalue weighted by Crippen LogP contribution is -2.27. The molecule has 0 bridgehead atoms. The van der Waals surface area contributed by atoms with E-state index in [0.717, 1.165) is 3.97 Å². The summed E-state index contributed by atoms with van der Waals surface area (Å²) in [6, 6.07) is 16.6. The molecule has 0 aliphatic heterocycles. The molecule has 25 heavy (non-hydrogen) atoms. The molecule has 1 aromatic carbocycles. The van der Waals surface area contributed by atoms with Gasteiger partial charge in [0.05, 0.1) is 10.5 Å². The van der Waals surface area contributed by atoms with Gasteiger partial charge in [0.2, 0.25) is 5.69 Å². The normalized spacial score (nSPS) is 11.7. The van der Waals surface area contributed by atoms with Crippen LogP contribution >= 0.6 is 0 Å². The first-order valence-corrected chi connectivity index (χ1v) is 8.98. The van der Waals surface area contributed by atoms with E-state index in [9.17, 15) is 13.6 Å². The van der Waals surface area contributed by atoms with Gasteiger partial charge in [-0.25, -0.2) is 17.4 Å². The molecule has 0 fully saturated rings. The van der Waals surface area contributed by atoms with Crippen LogP contribution in [0.3, 0.4) is 0 Å². The molecule has 0 saturated heterocycles. The van der Waals surface area contributed by atoms with Gasteiger partial charge in [0, 0.05) is 29.9 Å². The molecule has 4 rings (SSSR count). The van der Waals surface area contributed by atoms with E-state index in [4.69, 9.17) is 0 Å². The predicted molar refractivity (Wildman–Crippen MR) is 93.2 cm³/mol. The van der Waals surface area contributed by atoms with Crippen LogP contribution in [-0.4, -0.2) is 17.4 Å². The van der Waals surface area contributed by atoms with Gasteiger partial charge in [-0.15, -0.1) is 0 Å². The number of fused-ring (bicyclic) bond motifs is 1. The number of hydrogen-bond donors (Lipinski definition) is 0. The molecular formula is C18H13N3O3S. The third-order valence-corrected chi connectivity index (χ3v) is 5.60. The molecule has 0 radical (unpaired) electrons. The van der Waals surface area contributed by atoms with Crippen molar-refractivity contribution in [2.24, 2.45) is 0 Å². The number of nitrogens with zero attached hydrogens (tertiary/aromatic N) is 3. The van der Waals surface area contributed by atoms with Crippen molar-refractivity contribution in [1.29, 1.82) is 0 Å². The van der Waals surface area contributed by atoms with Crippen LogP contribution in [0, 0.1) is 5.21 Å². The summed E-state index contributed by atoms with van der Waals surface area (Å²) in [7, 11) is -3.82. The van der Waals surface area contributed by atoms with Gasteiger partial charge in [0.1, 0.15) is 0 Å². The highest BCUT2D eigenvalue weighted by Gasteiger charge is 2.24. The monoisotopic (exact) mass is 351 g/mol. The highest BCUT2D eigenvalue weighted by atomic mass is 32.2. The molecule has 0 spiro atoms. The van der Waals surface area contributed by atoms with Crippen molar-refractivity contribution in [1.82, 2.24) is 8.96 Å². The van der Waals surface area contributed by atoms with Crippen molar-refractivity contribution < 1.29 is 13.1 Å². The van der Waals surface area contributed by atoms with E-state index < -0.39 is 10.0 Å². The third-order valence-electron chi connectivity index (χ3n) is 3.93. The SMILES string of the molecule is O=S(=O)(c1ccccc1)n1cc(-c2cccc[n+]2[O-])c2cccnc21. The van der Waals surface area contributed by atoms with Gasteiger partial charge in [-0.1, -0.05) is 18.2 Å². The maximum absolute atomic E-state index is 13.0. The smallest absolute Gasteiger partial charge is 0.269 e. The Morgan fingerprint density at radius 1 is 0.960 bits per heavy atom. The van der Waals surface area contributed by atoms with E-state index in [1.165, 1.54) is 30.7 Å². The quantitative estimate of drug-likeness (QED) is 0.420. The Morgan fingerprint density at radius 2 is 1.72 bits per heavy atom. The molecule has 3 heterocycles. The fourth-order valence-electron chi connectivity index (χ4n) is 2.76. The van der Waals surface area contributed by atoms with Crippen LogP contribution in [0.4, 0.5) is 0 Å². The number of rotatable bonds is 3. The fourth-order valence-corrected chi connectivity index (χ4v) is 4.11. The molecule has 3 aromatic heterocycles. The molecule has 124 valence electrons. The summed E-state index contributed by atoms with van der Waals surface area (Å²) in [6.07, 6.45) is 4.35. The van der Waals surface area contributed by atoms with Crippen LogP contribution in [0.2, 0.25) is 0 Å². The van der Waals surface area contributed by atoms with Crippen molar-refractivity contribution in [3.05, 3.63) is 84.5 Å². The standard InChI is InChI=1S/C18H13N3O3S/c22-20-12-5-4-10-17(20)16-13-21(18-15(16)9-6-11-19-18)25(23,24)14-7-2-1-3-8-14/h1-13H. The van der Waals surface area contributed by atoms with Gasteiger partial charge in [-0.3, -0.25) is 0 Å². The Kier molecular flexibility index (Phi) is 3.51. The van der Waals surface area contributed by atoms with E-state index in [2.05, 4.69) is 4.98 Å². The first-order valence-electron chi connectivity index (χ1n) is 7.54. The lowest BCUT2D eigenvalue weighted by Gasteiger charge is -2.06. The molecule has 6 nitrogen and oxygen atoms in total. The van der Waals surface area contributed by atoms with E-state index in [-0.39, 0.29) is 10.5 Å². The molecule has 0 aliphatic carbocycles. The topological polar surface area (TPSA) is 78.9 Å². The van der Waals surface area contributed by atoms with E-state index >= 15 is 0 Å². The first kappa shape index (κ1) is 15.3. The Bertz CT molecular complexity index is 1170. The first-order chi connectivity index (χ1) is 12.1. The highest BCUT2D eigenvalue weighted by molar-refractivity contribution is 7.90. The Hall–Kier alpha value is -3.19. The van der Waals surface area contributed by atoms with Gasteiger partial charge in [0.15, 0.2) is 11.8 Å². The second-order valence-electron chi connectivity index (χ2n) is 5.44. The lowest BCUT2D eigenvalue weighted by molar-refractivity contribution is -0.593. The zero-order valence-electron chi connectivity index (χ0n) is 13.0. The van der Waals surface area contributed by atoms with Crippen LogP contribution in [0.25, 0.3) is 22.3 Å². The summed E-state index contributed by atoms with van der Waals surface area (Å²) >= 11 is 0. The van der Waals surface area contributed by atoms with Crippen LogP contribution < -0.4 is 4.73 Å². The molecule has 4 aromatic rings. The second kappa shape index (κ2) is 5.71. The third kappa shape index (κ3) is 2.45. The molecule has 7 heteroatoms. The Morgan fingerprint density at radius 3 is 2.48 bits per heavy atom. The summed E-state index contributed by atoms with van der Waals surface area (Å²) in [4.78, 5) is 4.38. The molecule has 0 atom stereocenters. The van der Waals surface area contributed by atoms with Crippen LogP contribution in [-0.2, 0) is 10.0 Å². The summed E-state index contributed by atoms with van der Waals surface area (Å²) in [5.74, 6) is 0. The number of benzene rings is 1. The molecule has 0 unspecified atom stereocenters. The van der Waals surface area contributed by atoms with Gasteiger partial charge < -0.3 is 5.21 Å². The molecule has 0 amide bonds. The Labute approximate surface area is 144 Å². The van der Waals surface area contributed by atoms with Gasteiger partial charge in [-0.05, 0) is 30.3 Å². The average molecular weight is 351 g/mol.